The Morgan fingerprint density at radius 3 is 2.58 bits per heavy atom. The van der Waals surface area contributed by atoms with E-state index in [1.54, 1.807) is 6.07 Å². The molecule has 0 amide bonds. The first-order chi connectivity index (χ1) is 15.8. The van der Waals surface area contributed by atoms with Gasteiger partial charge in [-0.1, -0.05) is 24.6 Å². The summed E-state index contributed by atoms with van der Waals surface area (Å²) >= 11 is 6.06. The van der Waals surface area contributed by atoms with Crippen LogP contribution in [0.3, 0.4) is 0 Å². The number of piperazine rings is 1. The van der Waals surface area contributed by atoms with Crippen molar-refractivity contribution in [3.8, 4) is 0 Å². The van der Waals surface area contributed by atoms with Crippen LogP contribution in [-0.4, -0.2) is 56.0 Å². The zero-order chi connectivity index (χ0) is 23.6. The van der Waals surface area contributed by atoms with Crippen molar-refractivity contribution in [2.24, 2.45) is 0 Å². The van der Waals surface area contributed by atoms with E-state index in [-0.39, 0.29) is 23.6 Å². The number of anilines is 1. The fourth-order valence-corrected chi connectivity index (χ4v) is 5.38. The van der Waals surface area contributed by atoms with Crippen molar-refractivity contribution in [2.75, 3.05) is 37.7 Å². The highest BCUT2D eigenvalue weighted by Crippen LogP contribution is 2.25. The predicted octanol–water partition coefficient (Wildman–Crippen LogP) is 2.71. The molecule has 0 N–H and O–H groups in total. The molecule has 2 aromatic carbocycles. The smallest absolute Gasteiger partial charge is 0.420 e. The summed E-state index contributed by atoms with van der Waals surface area (Å²) in [6, 6.07) is 11.7. The molecule has 11 heteroatoms. The monoisotopic (exact) mass is 493 g/mol. The van der Waals surface area contributed by atoms with Gasteiger partial charge in [0.1, 0.15) is 6.54 Å². The van der Waals surface area contributed by atoms with Crippen molar-refractivity contribution in [1.29, 1.82) is 0 Å². The number of ether oxygens (including phenoxy) is 1. The molecular weight excluding hydrogens is 470 g/mol. The normalized spacial score (nSPS) is 15.2. The van der Waals surface area contributed by atoms with Gasteiger partial charge in [0, 0.05) is 43.0 Å². The van der Waals surface area contributed by atoms with Crippen molar-refractivity contribution in [3.05, 3.63) is 58.0 Å². The van der Waals surface area contributed by atoms with E-state index in [1.165, 1.54) is 22.5 Å². The highest BCUT2D eigenvalue weighted by Gasteiger charge is 2.29. The molecule has 176 valence electrons. The summed E-state index contributed by atoms with van der Waals surface area (Å²) in [7, 11) is -3.79. The second-order valence-electron chi connectivity index (χ2n) is 7.68. The number of rotatable bonds is 7. The van der Waals surface area contributed by atoms with Crippen molar-refractivity contribution in [1.82, 2.24) is 8.87 Å². The van der Waals surface area contributed by atoms with Crippen LogP contribution in [0.1, 0.15) is 13.3 Å². The number of fused-ring (bicyclic) bond motifs is 1. The minimum Gasteiger partial charge on any atom is -0.464 e. The average molecular weight is 494 g/mol. The van der Waals surface area contributed by atoms with Gasteiger partial charge in [-0.05, 0) is 36.8 Å². The van der Waals surface area contributed by atoms with E-state index in [1.807, 2.05) is 25.1 Å². The van der Waals surface area contributed by atoms with Gasteiger partial charge in [-0.2, -0.15) is 4.31 Å². The van der Waals surface area contributed by atoms with Crippen LogP contribution in [-0.2, 0) is 26.1 Å². The molecule has 2 heterocycles. The Morgan fingerprint density at radius 2 is 1.88 bits per heavy atom. The molecule has 0 bridgehead atoms. The van der Waals surface area contributed by atoms with Gasteiger partial charge in [0.05, 0.1) is 17.0 Å². The maximum Gasteiger partial charge on any atom is 0.420 e. The number of carbonyl (C=O) groups is 1. The fourth-order valence-electron chi connectivity index (χ4n) is 3.76. The molecule has 4 rings (SSSR count). The Balaban J connectivity index is 1.51. The Hall–Kier alpha value is -2.82. The number of oxazole rings is 1. The summed E-state index contributed by atoms with van der Waals surface area (Å²) in [5, 5.41) is 0.628. The Kier molecular flexibility index (Phi) is 6.78. The third kappa shape index (κ3) is 4.92. The number of nitrogens with zero attached hydrogens (tertiary/aromatic N) is 3. The summed E-state index contributed by atoms with van der Waals surface area (Å²) in [6.45, 7) is 3.48. The van der Waals surface area contributed by atoms with Crippen LogP contribution >= 0.6 is 11.6 Å². The van der Waals surface area contributed by atoms with Crippen molar-refractivity contribution < 1.29 is 22.4 Å². The van der Waals surface area contributed by atoms with E-state index < -0.39 is 21.7 Å². The Labute approximate surface area is 196 Å². The first-order valence-corrected chi connectivity index (χ1v) is 12.4. The Morgan fingerprint density at radius 1 is 1.12 bits per heavy atom. The van der Waals surface area contributed by atoms with Gasteiger partial charge in [-0.3, -0.25) is 9.36 Å². The van der Waals surface area contributed by atoms with Crippen molar-refractivity contribution >= 4 is 44.4 Å². The van der Waals surface area contributed by atoms with Gasteiger partial charge in [0.15, 0.2) is 5.58 Å². The molecule has 9 nitrogen and oxygen atoms in total. The molecule has 33 heavy (non-hydrogen) atoms. The van der Waals surface area contributed by atoms with E-state index in [9.17, 15) is 18.0 Å². The summed E-state index contributed by atoms with van der Waals surface area (Å²) in [6.07, 6.45) is 0.668. The third-order valence-electron chi connectivity index (χ3n) is 5.44. The maximum atomic E-state index is 13.2. The largest absolute Gasteiger partial charge is 0.464 e. The first kappa shape index (κ1) is 23.3. The SMILES string of the molecule is CCCOC(=O)Cn1c(=O)oc2cc(S(=O)(=O)N3CCN(c4cccc(Cl)c4)CC3)ccc21. The van der Waals surface area contributed by atoms with E-state index in [0.717, 1.165) is 10.3 Å². The predicted molar refractivity (Wildman–Crippen MR) is 124 cm³/mol. The second-order valence-corrected chi connectivity index (χ2v) is 10.0. The number of carbonyl (C=O) groups excluding carboxylic acids is 1. The molecule has 1 aromatic heterocycles. The molecule has 0 radical (unpaired) electrons. The lowest BCUT2D eigenvalue weighted by Gasteiger charge is -2.35. The fraction of sp³-hybridized carbons (Fsp3) is 0.364. The molecule has 1 aliphatic rings. The lowest BCUT2D eigenvalue weighted by atomic mass is 10.2. The molecule has 1 aliphatic heterocycles. The average Bonchev–Trinajstić information content (AvgIpc) is 3.12. The first-order valence-electron chi connectivity index (χ1n) is 10.6. The summed E-state index contributed by atoms with van der Waals surface area (Å²) in [5.74, 6) is -1.31. The van der Waals surface area contributed by atoms with Crippen LogP contribution in [0, 0.1) is 0 Å². The molecular formula is C22H24ClN3O6S. The third-order valence-corrected chi connectivity index (χ3v) is 7.57. The van der Waals surface area contributed by atoms with Gasteiger partial charge in [-0.15, -0.1) is 0 Å². The topological polar surface area (TPSA) is 102 Å². The van der Waals surface area contributed by atoms with Crippen molar-refractivity contribution in [3.63, 3.8) is 0 Å². The molecule has 1 fully saturated rings. The van der Waals surface area contributed by atoms with Crippen LogP contribution in [0.4, 0.5) is 5.69 Å². The zero-order valence-corrected chi connectivity index (χ0v) is 19.6. The van der Waals surface area contributed by atoms with Crippen LogP contribution < -0.4 is 10.7 Å². The lowest BCUT2D eigenvalue weighted by Crippen LogP contribution is -2.48. The number of esters is 1. The lowest BCUT2D eigenvalue weighted by molar-refractivity contribution is -0.144. The number of halogens is 1. The number of aromatic nitrogens is 1. The maximum absolute atomic E-state index is 13.2. The van der Waals surface area contributed by atoms with E-state index in [0.29, 0.717) is 43.1 Å². The van der Waals surface area contributed by atoms with E-state index in [2.05, 4.69) is 4.90 Å². The number of sulfonamides is 1. The molecule has 0 aliphatic carbocycles. The van der Waals surface area contributed by atoms with Crippen LogP contribution in [0.5, 0.6) is 0 Å². The molecule has 3 aromatic rings. The molecule has 1 saturated heterocycles. The van der Waals surface area contributed by atoms with Gasteiger partial charge in [0.25, 0.3) is 0 Å². The summed E-state index contributed by atoms with van der Waals surface area (Å²) in [4.78, 5) is 26.2. The van der Waals surface area contributed by atoms with Gasteiger partial charge < -0.3 is 14.1 Å². The van der Waals surface area contributed by atoms with Gasteiger partial charge >= 0.3 is 11.7 Å². The van der Waals surface area contributed by atoms with E-state index >= 15 is 0 Å². The quantitative estimate of drug-likeness (QED) is 0.466. The highest BCUT2D eigenvalue weighted by molar-refractivity contribution is 7.89. The van der Waals surface area contributed by atoms with Crippen LogP contribution in [0.2, 0.25) is 5.02 Å². The van der Waals surface area contributed by atoms with Gasteiger partial charge in [0.2, 0.25) is 10.0 Å². The van der Waals surface area contributed by atoms with Crippen molar-refractivity contribution in [2.45, 2.75) is 24.8 Å². The van der Waals surface area contributed by atoms with Crippen LogP contribution in [0.15, 0.2) is 56.6 Å². The molecule has 0 saturated carbocycles. The summed E-state index contributed by atoms with van der Waals surface area (Å²) in [5.41, 5.74) is 1.38. The molecule has 0 unspecified atom stereocenters. The summed E-state index contributed by atoms with van der Waals surface area (Å²) < 4.78 is 39.2. The molecule has 0 spiro atoms. The van der Waals surface area contributed by atoms with Crippen LogP contribution in [0.25, 0.3) is 11.1 Å². The minimum atomic E-state index is -3.79. The Bertz CT molecular complexity index is 1330. The zero-order valence-electron chi connectivity index (χ0n) is 18.1. The number of hydrogen-bond donors (Lipinski definition) is 0. The minimum absolute atomic E-state index is 0.0284. The van der Waals surface area contributed by atoms with E-state index in [4.69, 9.17) is 20.8 Å². The standard InChI is InChI=1S/C22H24ClN3O6S/c1-2-12-31-21(27)15-26-19-7-6-18(14-20(19)32-22(26)28)33(29,30)25-10-8-24(9-11-25)17-5-3-4-16(23)13-17/h3-7,13-14H,2,8-12,15H2,1H3. The molecule has 0 atom stereocenters. The number of hydrogen-bond acceptors (Lipinski definition) is 7. The van der Waals surface area contributed by atoms with Gasteiger partial charge in [-0.25, -0.2) is 13.2 Å². The highest BCUT2D eigenvalue weighted by atomic mass is 35.5. The second kappa shape index (κ2) is 9.58. The number of benzene rings is 2.